The first-order valence-corrected chi connectivity index (χ1v) is 7.83. The SMILES string of the molecule is Cc1noc([C@H]2C[C@H](O)CN2CCCCn2ccnc2C)n1. The van der Waals surface area contributed by atoms with Crippen LogP contribution in [0.3, 0.4) is 0 Å². The molecule has 0 saturated carbocycles. The molecule has 3 heterocycles. The molecule has 7 heteroatoms. The van der Waals surface area contributed by atoms with Gasteiger partial charge in [-0.2, -0.15) is 4.98 Å². The maximum atomic E-state index is 9.94. The average molecular weight is 305 g/mol. The smallest absolute Gasteiger partial charge is 0.244 e. The number of rotatable bonds is 6. The van der Waals surface area contributed by atoms with E-state index in [0.29, 0.717) is 24.7 Å². The van der Waals surface area contributed by atoms with Gasteiger partial charge in [0.2, 0.25) is 5.89 Å². The van der Waals surface area contributed by atoms with Crippen LogP contribution in [-0.4, -0.2) is 48.9 Å². The number of β-amino-alcohol motifs (C(OH)–C–C–N with tert-alkyl or cyclic N) is 1. The predicted molar refractivity (Wildman–Crippen MR) is 80.2 cm³/mol. The van der Waals surface area contributed by atoms with Gasteiger partial charge in [0.25, 0.3) is 0 Å². The lowest BCUT2D eigenvalue weighted by atomic mass is 10.2. The second-order valence-corrected chi connectivity index (χ2v) is 5.96. The molecule has 0 bridgehead atoms. The third-order valence-electron chi connectivity index (χ3n) is 4.23. The minimum absolute atomic E-state index is 0.0474. The van der Waals surface area contributed by atoms with Crippen LogP contribution in [0.2, 0.25) is 0 Å². The standard InChI is InChI=1S/C15H23N5O2/c1-11-17-15(22-18-11)14-9-13(21)10-20(14)7-4-3-6-19-8-5-16-12(19)2/h5,8,13-14,21H,3-4,6-7,9-10H2,1-2H3/t13-,14+/m0/s1. The van der Waals surface area contributed by atoms with Gasteiger partial charge in [0.1, 0.15) is 5.82 Å². The summed E-state index contributed by atoms with van der Waals surface area (Å²) in [6, 6.07) is 0.0474. The van der Waals surface area contributed by atoms with Gasteiger partial charge in [-0.25, -0.2) is 4.98 Å². The van der Waals surface area contributed by atoms with Crippen molar-refractivity contribution < 1.29 is 9.63 Å². The number of unbranched alkanes of at least 4 members (excludes halogenated alkanes) is 1. The molecular weight excluding hydrogens is 282 g/mol. The molecule has 0 aromatic carbocycles. The lowest BCUT2D eigenvalue weighted by Crippen LogP contribution is -2.26. The Bertz CT molecular complexity index is 609. The zero-order valence-corrected chi connectivity index (χ0v) is 13.1. The van der Waals surface area contributed by atoms with Gasteiger partial charge in [0.15, 0.2) is 5.82 Å². The summed E-state index contributed by atoms with van der Waals surface area (Å²) >= 11 is 0. The highest BCUT2D eigenvalue weighted by atomic mass is 16.5. The quantitative estimate of drug-likeness (QED) is 0.814. The summed E-state index contributed by atoms with van der Waals surface area (Å²) < 4.78 is 7.45. The van der Waals surface area contributed by atoms with Crippen molar-refractivity contribution in [2.24, 2.45) is 0 Å². The van der Waals surface area contributed by atoms with Crippen molar-refractivity contribution in [2.75, 3.05) is 13.1 Å². The summed E-state index contributed by atoms with van der Waals surface area (Å²) in [7, 11) is 0. The lowest BCUT2D eigenvalue weighted by molar-refractivity contribution is 0.171. The normalized spacial score (nSPS) is 22.5. The van der Waals surface area contributed by atoms with E-state index in [0.717, 1.165) is 31.8 Å². The van der Waals surface area contributed by atoms with E-state index in [1.54, 1.807) is 0 Å². The van der Waals surface area contributed by atoms with Crippen molar-refractivity contribution in [3.8, 4) is 0 Å². The van der Waals surface area contributed by atoms with Crippen LogP contribution < -0.4 is 0 Å². The molecule has 1 N–H and O–H groups in total. The van der Waals surface area contributed by atoms with Gasteiger partial charge >= 0.3 is 0 Å². The van der Waals surface area contributed by atoms with Gasteiger partial charge in [-0.15, -0.1) is 0 Å². The number of aryl methyl sites for hydroxylation is 3. The molecule has 22 heavy (non-hydrogen) atoms. The molecule has 7 nitrogen and oxygen atoms in total. The number of likely N-dealkylation sites (tertiary alicyclic amines) is 1. The molecule has 0 radical (unpaired) electrons. The summed E-state index contributed by atoms with van der Waals surface area (Å²) in [6.45, 7) is 6.42. The highest BCUT2D eigenvalue weighted by Gasteiger charge is 2.35. The maximum Gasteiger partial charge on any atom is 0.244 e. The summed E-state index contributed by atoms with van der Waals surface area (Å²) in [4.78, 5) is 10.8. The summed E-state index contributed by atoms with van der Waals surface area (Å²) in [5, 5.41) is 13.8. The Hall–Kier alpha value is -1.73. The van der Waals surface area contributed by atoms with Gasteiger partial charge in [0, 0.05) is 25.5 Å². The highest BCUT2D eigenvalue weighted by Crippen LogP contribution is 2.31. The van der Waals surface area contributed by atoms with Crippen LogP contribution in [-0.2, 0) is 6.54 Å². The molecule has 1 aliphatic heterocycles. The monoisotopic (exact) mass is 305 g/mol. The van der Waals surface area contributed by atoms with Crippen LogP contribution in [0.4, 0.5) is 0 Å². The molecule has 0 spiro atoms. The van der Waals surface area contributed by atoms with Crippen molar-refractivity contribution in [3.05, 3.63) is 29.9 Å². The number of aliphatic hydroxyl groups is 1. The summed E-state index contributed by atoms with van der Waals surface area (Å²) in [5.41, 5.74) is 0. The van der Waals surface area contributed by atoms with Gasteiger partial charge in [-0.1, -0.05) is 5.16 Å². The van der Waals surface area contributed by atoms with E-state index < -0.39 is 0 Å². The molecule has 1 aliphatic rings. The topological polar surface area (TPSA) is 80.2 Å². The summed E-state index contributed by atoms with van der Waals surface area (Å²) in [6.07, 6.45) is 6.35. The molecule has 2 atom stereocenters. The first-order valence-electron chi connectivity index (χ1n) is 7.83. The van der Waals surface area contributed by atoms with E-state index in [9.17, 15) is 5.11 Å². The van der Waals surface area contributed by atoms with Crippen LogP contribution in [0, 0.1) is 13.8 Å². The highest BCUT2D eigenvalue weighted by molar-refractivity contribution is 4.98. The van der Waals surface area contributed by atoms with Crippen molar-refractivity contribution in [3.63, 3.8) is 0 Å². The molecule has 0 unspecified atom stereocenters. The Labute approximate surface area is 130 Å². The van der Waals surface area contributed by atoms with Crippen LogP contribution in [0.1, 0.15) is 42.8 Å². The van der Waals surface area contributed by atoms with E-state index in [1.165, 1.54) is 0 Å². The van der Waals surface area contributed by atoms with Crippen LogP contribution >= 0.6 is 0 Å². The zero-order valence-electron chi connectivity index (χ0n) is 13.1. The molecule has 2 aromatic heterocycles. The third-order valence-corrected chi connectivity index (χ3v) is 4.23. The second-order valence-electron chi connectivity index (χ2n) is 5.96. The number of nitrogens with zero attached hydrogens (tertiary/aromatic N) is 5. The van der Waals surface area contributed by atoms with E-state index in [2.05, 4.69) is 24.6 Å². The van der Waals surface area contributed by atoms with Crippen molar-refractivity contribution in [1.29, 1.82) is 0 Å². The number of hydrogen-bond donors (Lipinski definition) is 1. The first kappa shape index (κ1) is 15.2. The van der Waals surface area contributed by atoms with E-state index in [4.69, 9.17) is 4.52 Å². The largest absolute Gasteiger partial charge is 0.392 e. The molecule has 1 fully saturated rings. The fraction of sp³-hybridized carbons (Fsp3) is 0.667. The van der Waals surface area contributed by atoms with Gasteiger partial charge in [-0.3, -0.25) is 4.90 Å². The van der Waals surface area contributed by atoms with E-state index in [1.807, 2.05) is 26.2 Å². The lowest BCUT2D eigenvalue weighted by Gasteiger charge is -2.21. The Kier molecular flexibility index (Phi) is 4.54. The predicted octanol–water partition coefficient (Wildman–Crippen LogP) is 1.47. The van der Waals surface area contributed by atoms with Gasteiger partial charge in [0.05, 0.1) is 12.1 Å². The molecule has 0 aliphatic carbocycles. The van der Waals surface area contributed by atoms with Crippen LogP contribution in [0.15, 0.2) is 16.9 Å². The second kappa shape index (κ2) is 6.58. The molecule has 0 amide bonds. The van der Waals surface area contributed by atoms with Crippen LogP contribution in [0.5, 0.6) is 0 Å². The molecule has 1 saturated heterocycles. The van der Waals surface area contributed by atoms with Gasteiger partial charge in [-0.05, 0) is 39.7 Å². The number of imidazole rings is 1. The Morgan fingerprint density at radius 3 is 2.82 bits per heavy atom. The number of aliphatic hydroxyl groups excluding tert-OH is 1. The van der Waals surface area contributed by atoms with E-state index >= 15 is 0 Å². The van der Waals surface area contributed by atoms with Gasteiger partial charge < -0.3 is 14.2 Å². The Morgan fingerprint density at radius 2 is 2.14 bits per heavy atom. The molecular formula is C15H23N5O2. The zero-order chi connectivity index (χ0) is 15.5. The minimum Gasteiger partial charge on any atom is -0.392 e. The number of aromatic nitrogens is 4. The van der Waals surface area contributed by atoms with Crippen molar-refractivity contribution in [2.45, 2.75) is 51.8 Å². The average Bonchev–Trinajstić information content (AvgIpc) is 3.17. The molecule has 2 aromatic rings. The van der Waals surface area contributed by atoms with Crippen LogP contribution in [0.25, 0.3) is 0 Å². The maximum absolute atomic E-state index is 9.94. The summed E-state index contributed by atoms with van der Waals surface area (Å²) in [5.74, 6) is 2.32. The fourth-order valence-electron chi connectivity index (χ4n) is 3.07. The van der Waals surface area contributed by atoms with E-state index in [-0.39, 0.29) is 12.1 Å². The minimum atomic E-state index is -0.312. The Balaban J connectivity index is 1.51. The fourth-order valence-corrected chi connectivity index (χ4v) is 3.07. The molecule has 3 rings (SSSR count). The Morgan fingerprint density at radius 1 is 1.32 bits per heavy atom. The third kappa shape index (κ3) is 3.36. The number of hydrogen-bond acceptors (Lipinski definition) is 6. The first-order chi connectivity index (χ1) is 10.6. The molecule has 120 valence electrons. The van der Waals surface area contributed by atoms with Crippen molar-refractivity contribution >= 4 is 0 Å². The van der Waals surface area contributed by atoms with Crippen molar-refractivity contribution in [1.82, 2.24) is 24.6 Å².